The van der Waals surface area contributed by atoms with Crippen molar-refractivity contribution in [1.82, 2.24) is 14.5 Å². The molecule has 0 aliphatic carbocycles. The summed E-state index contributed by atoms with van der Waals surface area (Å²) in [7, 11) is 0. The molecule has 1 aliphatic rings. The molecule has 148 valence electrons. The molecule has 0 saturated heterocycles. The number of halogens is 1. The Labute approximate surface area is 167 Å². The molecule has 1 amide bonds. The summed E-state index contributed by atoms with van der Waals surface area (Å²) < 4.78 is 14.6. The largest absolute Gasteiger partial charge is 0.324 e. The highest BCUT2D eigenvalue weighted by molar-refractivity contribution is 5.90. The van der Waals surface area contributed by atoms with E-state index in [9.17, 15) is 14.0 Å². The third kappa shape index (κ3) is 4.57. The van der Waals surface area contributed by atoms with E-state index >= 15 is 0 Å². The minimum atomic E-state index is -0.436. The minimum absolute atomic E-state index is 0.172. The van der Waals surface area contributed by atoms with E-state index in [4.69, 9.17) is 0 Å². The predicted molar refractivity (Wildman–Crippen MR) is 108 cm³/mol. The highest BCUT2D eigenvalue weighted by Crippen LogP contribution is 2.16. The van der Waals surface area contributed by atoms with Crippen LogP contribution in [0.25, 0.3) is 0 Å². The summed E-state index contributed by atoms with van der Waals surface area (Å²) in [4.78, 5) is 31.8. The van der Waals surface area contributed by atoms with Gasteiger partial charge in [0.05, 0.1) is 17.6 Å². The number of fused-ring (bicyclic) bond motifs is 1. The Bertz CT molecular complexity index is 1080. The van der Waals surface area contributed by atoms with Gasteiger partial charge in [-0.3, -0.25) is 19.1 Å². The van der Waals surface area contributed by atoms with E-state index in [0.717, 1.165) is 18.8 Å². The summed E-state index contributed by atoms with van der Waals surface area (Å²) in [5, 5.41) is 2.60. The van der Waals surface area contributed by atoms with Crippen LogP contribution in [-0.4, -0.2) is 26.9 Å². The maximum Gasteiger partial charge on any atom is 0.258 e. The number of nitrogens with zero attached hydrogens (tertiary/aromatic N) is 3. The Balaban J connectivity index is 1.47. The maximum atomic E-state index is 13.3. The first-order valence-corrected chi connectivity index (χ1v) is 9.47. The smallest absolute Gasteiger partial charge is 0.258 e. The monoisotopic (exact) mass is 392 g/mol. The van der Waals surface area contributed by atoms with Crippen LogP contribution in [0.3, 0.4) is 0 Å². The van der Waals surface area contributed by atoms with Gasteiger partial charge in [-0.2, -0.15) is 0 Å². The van der Waals surface area contributed by atoms with Gasteiger partial charge in [-0.15, -0.1) is 0 Å². The summed E-state index contributed by atoms with van der Waals surface area (Å²) in [5.74, 6) is -0.842. The molecule has 1 N–H and O–H groups in total. The van der Waals surface area contributed by atoms with E-state index in [1.165, 1.54) is 34.7 Å². The molecular weight excluding hydrogens is 371 g/mol. The third-order valence-electron chi connectivity index (χ3n) is 4.94. The second kappa shape index (κ2) is 8.36. The number of carbonyl (C=O) groups is 1. The normalized spacial score (nSPS) is 13.7. The minimum Gasteiger partial charge on any atom is -0.324 e. The zero-order valence-corrected chi connectivity index (χ0v) is 15.8. The van der Waals surface area contributed by atoms with Crippen LogP contribution in [0.1, 0.15) is 16.8 Å². The zero-order valence-electron chi connectivity index (χ0n) is 15.8. The Morgan fingerprint density at radius 1 is 1.14 bits per heavy atom. The summed E-state index contributed by atoms with van der Waals surface area (Å²) in [6, 6.07) is 15.7. The number of rotatable bonds is 5. The highest BCUT2D eigenvalue weighted by Gasteiger charge is 2.22. The number of anilines is 1. The fourth-order valence-corrected chi connectivity index (χ4v) is 3.52. The van der Waals surface area contributed by atoms with Crippen molar-refractivity contribution in [3.05, 3.63) is 93.9 Å². The molecule has 3 aromatic rings. The van der Waals surface area contributed by atoms with Crippen molar-refractivity contribution >= 4 is 11.6 Å². The van der Waals surface area contributed by atoms with Crippen LogP contribution < -0.4 is 10.9 Å². The molecule has 1 aliphatic heterocycles. The fraction of sp³-hybridized carbons (Fsp3) is 0.227. The topological polar surface area (TPSA) is 67.2 Å². The van der Waals surface area contributed by atoms with Crippen molar-refractivity contribution in [3.8, 4) is 0 Å². The van der Waals surface area contributed by atoms with Crippen molar-refractivity contribution in [1.29, 1.82) is 0 Å². The van der Waals surface area contributed by atoms with Gasteiger partial charge in [-0.1, -0.05) is 36.4 Å². The van der Waals surface area contributed by atoms with E-state index in [0.29, 0.717) is 24.2 Å². The Morgan fingerprint density at radius 2 is 1.97 bits per heavy atom. The van der Waals surface area contributed by atoms with Crippen molar-refractivity contribution < 1.29 is 9.18 Å². The molecule has 0 bridgehead atoms. The number of nitrogens with one attached hydrogen (secondary N) is 1. The van der Waals surface area contributed by atoms with Crippen LogP contribution in [0.15, 0.2) is 65.7 Å². The summed E-state index contributed by atoms with van der Waals surface area (Å²) in [6.45, 7) is 1.92. The van der Waals surface area contributed by atoms with Gasteiger partial charge in [0, 0.05) is 31.7 Å². The SMILES string of the molecule is O=C(Cn1cnc2c(c1=O)CN(Cc1ccccc1)CC2)Nc1cccc(F)c1. The molecule has 0 spiro atoms. The van der Waals surface area contributed by atoms with Crippen molar-refractivity contribution in [3.63, 3.8) is 0 Å². The Hall–Kier alpha value is -3.32. The Kier molecular flexibility index (Phi) is 5.48. The summed E-state index contributed by atoms with van der Waals surface area (Å²) in [5.41, 5.74) is 2.76. The standard InChI is InChI=1S/C22H21FN4O2/c23-17-7-4-8-18(11-17)25-21(28)14-27-15-24-20-9-10-26(13-19(20)22(27)29)12-16-5-2-1-3-6-16/h1-8,11,15H,9-10,12-14H2,(H,25,28). The molecule has 7 heteroatoms. The average molecular weight is 392 g/mol. The van der Waals surface area contributed by atoms with Gasteiger partial charge in [0.15, 0.2) is 0 Å². The second-order valence-corrected chi connectivity index (χ2v) is 7.11. The van der Waals surface area contributed by atoms with E-state index in [1.807, 2.05) is 18.2 Å². The van der Waals surface area contributed by atoms with Gasteiger partial charge in [0.1, 0.15) is 12.4 Å². The first-order chi connectivity index (χ1) is 14.1. The van der Waals surface area contributed by atoms with Crippen LogP contribution >= 0.6 is 0 Å². The summed E-state index contributed by atoms with van der Waals surface area (Å²) in [6.07, 6.45) is 2.12. The van der Waals surface area contributed by atoms with Crippen LogP contribution in [0.2, 0.25) is 0 Å². The van der Waals surface area contributed by atoms with Crippen LogP contribution in [0.4, 0.5) is 10.1 Å². The van der Waals surface area contributed by atoms with E-state index in [1.54, 1.807) is 6.07 Å². The predicted octanol–water partition coefficient (Wildman–Crippen LogP) is 2.58. The van der Waals surface area contributed by atoms with E-state index < -0.39 is 11.7 Å². The molecule has 0 fully saturated rings. The number of carbonyl (C=O) groups excluding carboxylic acids is 1. The molecule has 2 aromatic carbocycles. The fourth-order valence-electron chi connectivity index (χ4n) is 3.52. The van der Waals surface area contributed by atoms with Crippen molar-refractivity contribution in [2.45, 2.75) is 26.1 Å². The summed E-state index contributed by atoms with van der Waals surface area (Å²) >= 11 is 0. The van der Waals surface area contributed by atoms with Gasteiger partial charge < -0.3 is 5.32 Å². The maximum absolute atomic E-state index is 13.3. The quantitative estimate of drug-likeness (QED) is 0.725. The first kappa shape index (κ1) is 19.0. The molecule has 4 rings (SSSR count). The molecule has 1 aromatic heterocycles. The van der Waals surface area contributed by atoms with Crippen molar-refractivity contribution in [2.24, 2.45) is 0 Å². The third-order valence-corrected chi connectivity index (χ3v) is 4.94. The molecule has 0 saturated carbocycles. The van der Waals surface area contributed by atoms with Crippen LogP contribution in [0, 0.1) is 5.82 Å². The van der Waals surface area contributed by atoms with Crippen LogP contribution in [-0.2, 0) is 30.8 Å². The highest BCUT2D eigenvalue weighted by atomic mass is 19.1. The lowest BCUT2D eigenvalue weighted by Crippen LogP contribution is -2.38. The molecule has 6 nitrogen and oxygen atoms in total. The van der Waals surface area contributed by atoms with Crippen molar-refractivity contribution in [2.75, 3.05) is 11.9 Å². The lowest BCUT2D eigenvalue weighted by Gasteiger charge is -2.28. The number of benzene rings is 2. The van der Waals surface area contributed by atoms with Gasteiger partial charge in [0.25, 0.3) is 5.56 Å². The molecule has 0 atom stereocenters. The average Bonchev–Trinajstić information content (AvgIpc) is 2.71. The van der Waals surface area contributed by atoms with Gasteiger partial charge in [-0.25, -0.2) is 9.37 Å². The van der Waals surface area contributed by atoms with E-state index in [2.05, 4.69) is 27.3 Å². The number of aromatic nitrogens is 2. The van der Waals surface area contributed by atoms with Gasteiger partial charge in [-0.05, 0) is 23.8 Å². The zero-order chi connectivity index (χ0) is 20.2. The molecule has 0 radical (unpaired) electrons. The molecular formula is C22H21FN4O2. The van der Waals surface area contributed by atoms with Crippen LogP contribution in [0.5, 0.6) is 0 Å². The van der Waals surface area contributed by atoms with Gasteiger partial charge >= 0.3 is 0 Å². The number of hydrogen-bond donors (Lipinski definition) is 1. The number of amides is 1. The van der Waals surface area contributed by atoms with Gasteiger partial charge in [0.2, 0.25) is 5.91 Å². The molecule has 29 heavy (non-hydrogen) atoms. The Morgan fingerprint density at radius 3 is 2.76 bits per heavy atom. The lowest BCUT2D eigenvalue weighted by molar-refractivity contribution is -0.116. The van der Waals surface area contributed by atoms with E-state index in [-0.39, 0.29) is 12.1 Å². The lowest BCUT2D eigenvalue weighted by atomic mass is 10.1. The second-order valence-electron chi connectivity index (χ2n) is 7.11. The number of hydrogen-bond acceptors (Lipinski definition) is 4. The molecule has 0 unspecified atom stereocenters. The molecule has 2 heterocycles. The first-order valence-electron chi connectivity index (χ1n) is 9.47.